The Kier molecular flexibility index (Phi) is 11.6. The summed E-state index contributed by atoms with van der Waals surface area (Å²) in [5, 5.41) is 47.6. The normalized spacial score (nSPS) is 44.9. The molecule has 5 rings (SSSR count). The number of nitrogens with one attached hydrogen (secondary N) is 2. The van der Waals surface area contributed by atoms with Crippen LogP contribution in [0.25, 0.3) is 0 Å². The lowest BCUT2D eigenvalue weighted by Crippen LogP contribution is -2.66. The van der Waals surface area contributed by atoms with Crippen molar-refractivity contribution in [2.75, 3.05) is 18.9 Å². The third-order valence-corrected chi connectivity index (χ3v) is 14.2. The van der Waals surface area contributed by atoms with Gasteiger partial charge in [-0.05, 0) is 104 Å². The molecule has 5 fully saturated rings. The van der Waals surface area contributed by atoms with E-state index in [1.807, 2.05) is 0 Å². The van der Waals surface area contributed by atoms with Crippen molar-refractivity contribution in [3.05, 3.63) is 0 Å². The second-order valence-electron chi connectivity index (χ2n) is 16.1. The van der Waals surface area contributed by atoms with Crippen LogP contribution < -0.4 is 10.6 Å². The molecular weight excluding hydrogens is 644 g/mol. The van der Waals surface area contributed by atoms with Gasteiger partial charge in [0.25, 0.3) is 10.1 Å². The van der Waals surface area contributed by atoms with Crippen molar-refractivity contribution in [1.82, 2.24) is 10.6 Å². The number of carbonyl (C=O) groups excluding carboxylic acids is 2. The largest absolute Gasteiger partial charge is 0.394 e. The number of amides is 2. The first kappa shape index (κ1) is 37.9. The van der Waals surface area contributed by atoms with E-state index in [1.54, 1.807) is 0 Å². The molecule has 0 aromatic heterocycles. The van der Waals surface area contributed by atoms with Crippen molar-refractivity contribution < 1.29 is 52.5 Å². The highest BCUT2D eigenvalue weighted by Gasteiger charge is 2.64. The Morgan fingerprint density at radius 1 is 1.00 bits per heavy atom. The van der Waals surface area contributed by atoms with E-state index in [-0.39, 0.29) is 59.7 Å². The average Bonchev–Trinajstić information content (AvgIpc) is 3.36. The van der Waals surface area contributed by atoms with Crippen LogP contribution in [0.5, 0.6) is 0 Å². The lowest BCUT2D eigenvalue weighted by molar-refractivity contribution is -0.304. The quantitative estimate of drug-likeness (QED) is 0.121. The highest BCUT2D eigenvalue weighted by atomic mass is 32.2. The fourth-order valence-electron chi connectivity index (χ4n) is 11.0. The smallest absolute Gasteiger partial charge is 0.266 e. The summed E-state index contributed by atoms with van der Waals surface area (Å²) in [6.07, 6.45) is 2.44. The topological polar surface area (TPSA) is 212 Å². The fourth-order valence-corrected chi connectivity index (χ4v) is 11.4. The molecule has 1 saturated heterocycles. The lowest BCUT2D eigenvalue weighted by Gasteiger charge is -2.63. The molecule has 0 bridgehead atoms. The molecule has 1 aliphatic heterocycles. The molecule has 0 radical (unpaired) electrons. The standard InChI is InChI=1S/C34H58N2O11S/c1-18(5-8-27(40)35-13-14-48(43,44)45)22-6-7-23-28-24(10-12-34(22,23)4)33(3)11-9-21(39)15-20(33)16-25(28)46-32-29(36-19(2)38)31(42)30(41)26(17-37)47-32/h18,20-26,28-32,37,39,41-42H,5-17H2,1-4H3,(H,35,40)(H,36,38)(H,43,44,45)/t18-,20+,21-,22-,23+,24+,25+,26-,28+,29-,30-,31-,32-,33+,34-/m1/s1. The van der Waals surface area contributed by atoms with Crippen molar-refractivity contribution in [2.24, 2.45) is 46.3 Å². The Hall–Kier alpha value is -1.39. The van der Waals surface area contributed by atoms with Gasteiger partial charge in [-0.2, -0.15) is 8.42 Å². The van der Waals surface area contributed by atoms with Crippen LogP contribution in [0.1, 0.15) is 91.9 Å². The van der Waals surface area contributed by atoms with Gasteiger partial charge in [0.1, 0.15) is 24.4 Å². The number of hydrogen-bond donors (Lipinski definition) is 7. The number of hydrogen-bond acceptors (Lipinski definition) is 10. The Balaban J connectivity index is 1.37. The van der Waals surface area contributed by atoms with Gasteiger partial charge >= 0.3 is 0 Å². The minimum atomic E-state index is -4.14. The Bertz CT molecular complexity index is 1270. The van der Waals surface area contributed by atoms with Crippen LogP contribution >= 0.6 is 0 Å². The number of aliphatic hydroxyl groups excluding tert-OH is 4. The van der Waals surface area contributed by atoms with Gasteiger partial charge < -0.3 is 40.5 Å². The van der Waals surface area contributed by atoms with Crippen LogP contribution in [0.4, 0.5) is 0 Å². The number of ether oxygens (including phenoxy) is 2. The van der Waals surface area contributed by atoms with Crippen molar-refractivity contribution in [2.45, 2.75) is 135 Å². The molecule has 4 saturated carbocycles. The van der Waals surface area contributed by atoms with Gasteiger partial charge in [-0.1, -0.05) is 20.8 Å². The summed E-state index contributed by atoms with van der Waals surface area (Å²) in [7, 11) is -4.14. The summed E-state index contributed by atoms with van der Waals surface area (Å²) >= 11 is 0. The summed E-state index contributed by atoms with van der Waals surface area (Å²) in [5.74, 6) is 0.478. The van der Waals surface area contributed by atoms with Crippen LogP contribution in [-0.4, -0.2) is 107 Å². The molecule has 48 heavy (non-hydrogen) atoms. The Labute approximate surface area is 284 Å². The third kappa shape index (κ3) is 7.61. The van der Waals surface area contributed by atoms with Gasteiger partial charge in [-0.15, -0.1) is 0 Å². The highest BCUT2D eigenvalue weighted by Crippen LogP contribution is 2.69. The molecule has 15 atom stereocenters. The van der Waals surface area contributed by atoms with Crippen LogP contribution in [0.3, 0.4) is 0 Å². The van der Waals surface area contributed by atoms with E-state index < -0.39 is 59.0 Å². The zero-order valence-corrected chi connectivity index (χ0v) is 29.6. The summed E-state index contributed by atoms with van der Waals surface area (Å²) in [6.45, 7) is 7.64. The van der Waals surface area contributed by atoms with Crippen LogP contribution in [-0.2, 0) is 29.2 Å². The maximum atomic E-state index is 12.5. The minimum Gasteiger partial charge on any atom is -0.394 e. The van der Waals surface area contributed by atoms with Crippen molar-refractivity contribution in [3.8, 4) is 0 Å². The number of carbonyl (C=O) groups is 2. The van der Waals surface area contributed by atoms with Crippen LogP contribution in [0.15, 0.2) is 0 Å². The maximum absolute atomic E-state index is 12.5. The Morgan fingerprint density at radius 3 is 2.35 bits per heavy atom. The molecule has 5 aliphatic rings. The first-order valence-electron chi connectivity index (χ1n) is 17.9. The maximum Gasteiger partial charge on any atom is 0.266 e. The molecule has 1 heterocycles. The predicted molar refractivity (Wildman–Crippen MR) is 175 cm³/mol. The van der Waals surface area contributed by atoms with E-state index in [1.165, 1.54) is 6.92 Å². The lowest BCUT2D eigenvalue weighted by atomic mass is 9.43. The molecule has 14 heteroatoms. The third-order valence-electron chi connectivity index (χ3n) is 13.5. The first-order valence-corrected chi connectivity index (χ1v) is 19.5. The van der Waals surface area contributed by atoms with E-state index in [9.17, 15) is 38.4 Å². The van der Waals surface area contributed by atoms with Gasteiger partial charge in [0.15, 0.2) is 6.29 Å². The summed E-state index contributed by atoms with van der Waals surface area (Å²) in [4.78, 5) is 24.7. The van der Waals surface area contributed by atoms with Crippen molar-refractivity contribution in [3.63, 3.8) is 0 Å². The van der Waals surface area contributed by atoms with Gasteiger partial charge in [0, 0.05) is 19.9 Å². The van der Waals surface area contributed by atoms with E-state index in [2.05, 4.69) is 31.4 Å². The molecule has 13 nitrogen and oxygen atoms in total. The van der Waals surface area contributed by atoms with Gasteiger partial charge in [-0.25, -0.2) is 0 Å². The van der Waals surface area contributed by atoms with E-state index in [0.717, 1.165) is 38.5 Å². The molecular formula is C34H58N2O11S. The molecule has 2 amide bonds. The van der Waals surface area contributed by atoms with E-state index in [4.69, 9.17) is 14.0 Å². The SMILES string of the molecule is CC(=O)N[C@H]1[C@H](O[C@H]2C[C@@H]3C[C@H](O)CC[C@]3(C)[C@H]3CC[C@]4(C)[C@@H]([C@H](C)CCC(=O)NCCS(=O)(=O)O)CC[C@H]4[C@H]23)O[C@H](CO)[C@@H](O)[C@@H]1O. The molecule has 0 aromatic carbocycles. The number of rotatable bonds is 11. The van der Waals surface area contributed by atoms with Gasteiger partial charge in [0.05, 0.1) is 24.6 Å². The molecule has 0 aromatic rings. The van der Waals surface area contributed by atoms with Crippen molar-refractivity contribution >= 4 is 21.9 Å². The van der Waals surface area contributed by atoms with E-state index >= 15 is 0 Å². The summed E-state index contributed by atoms with van der Waals surface area (Å²) in [5.41, 5.74) is 0.0114. The summed E-state index contributed by atoms with van der Waals surface area (Å²) < 4.78 is 43.9. The minimum absolute atomic E-state index is 0.0190. The predicted octanol–water partition coefficient (Wildman–Crippen LogP) is 1.37. The van der Waals surface area contributed by atoms with E-state index in [0.29, 0.717) is 37.0 Å². The zero-order chi connectivity index (χ0) is 35.2. The molecule has 4 aliphatic carbocycles. The Morgan fingerprint density at radius 2 is 1.69 bits per heavy atom. The molecule has 7 N–H and O–H groups in total. The number of fused-ring (bicyclic) bond motifs is 5. The van der Waals surface area contributed by atoms with Gasteiger partial charge in [-0.3, -0.25) is 14.1 Å². The fraction of sp³-hybridized carbons (Fsp3) is 0.941. The molecule has 0 spiro atoms. The first-order chi connectivity index (χ1) is 22.5. The van der Waals surface area contributed by atoms with Crippen LogP contribution in [0.2, 0.25) is 0 Å². The second-order valence-corrected chi connectivity index (χ2v) is 17.7. The van der Waals surface area contributed by atoms with Crippen LogP contribution in [0, 0.1) is 46.3 Å². The molecule has 0 unspecified atom stereocenters. The zero-order valence-electron chi connectivity index (χ0n) is 28.8. The monoisotopic (exact) mass is 702 g/mol. The summed E-state index contributed by atoms with van der Waals surface area (Å²) in [6, 6.07) is -1.03. The highest BCUT2D eigenvalue weighted by molar-refractivity contribution is 7.85. The average molecular weight is 703 g/mol. The molecule has 276 valence electrons. The van der Waals surface area contributed by atoms with Crippen molar-refractivity contribution in [1.29, 1.82) is 0 Å². The second kappa shape index (κ2) is 14.7. The van der Waals surface area contributed by atoms with Gasteiger partial charge in [0.2, 0.25) is 11.8 Å². The number of aliphatic hydroxyl groups is 4.